The van der Waals surface area contributed by atoms with Crippen molar-refractivity contribution in [3.8, 4) is 11.8 Å². The minimum Gasteiger partial charge on any atom is -0.494 e. The molecule has 1 fully saturated rings. The van der Waals surface area contributed by atoms with Gasteiger partial charge in [-0.1, -0.05) is 12.1 Å². The molecule has 0 bridgehead atoms. The normalized spacial score (nSPS) is 15.6. The van der Waals surface area contributed by atoms with Crippen LogP contribution in [0.4, 0.5) is 5.69 Å². The number of nitriles is 1. The number of benzene rings is 1. The fraction of sp³-hybridized carbons (Fsp3) is 0.412. The standard InChI is InChI=1S/C17H20N3O4P/c1-23-15-4-2-3-14-16(15)19-10-13(9-18)17(14)20-7-5-12(6-8-20)11-24-25(21)22/h2-4,10,12,21-22H,5-8,11H2,1H3. The zero-order valence-corrected chi connectivity index (χ0v) is 14.8. The van der Waals surface area contributed by atoms with Gasteiger partial charge in [-0.15, -0.1) is 0 Å². The van der Waals surface area contributed by atoms with E-state index in [1.807, 2.05) is 18.2 Å². The highest BCUT2D eigenvalue weighted by atomic mass is 31.2. The quantitative estimate of drug-likeness (QED) is 0.790. The lowest BCUT2D eigenvalue weighted by Crippen LogP contribution is -2.35. The summed E-state index contributed by atoms with van der Waals surface area (Å²) in [6.45, 7) is 1.89. The van der Waals surface area contributed by atoms with Crippen molar-refractivity contribution >= 4 is 25.2 Å². The fourth-order valence-corrected chi connectivity index (χ4v) is 3.61. The zero-order valence-electron chi connectivity index (χ0n) is 13.9. The molecule has 0 aliphatic carbocycles. The average molecular weight is 361 g/mol. The molecule has 8 heteroatoms. The van der Waals surface area contributed by atoms with Crippen molar-refractivity contribution in [3.63, 3.8) is 0 Å². The predicted molar refractivity (Wildman–Crippen MR) is 95.3 cm³/mol. The maximum absolute atomic E-state index is 9.51. The maximum Gasteiger partial charge on any atom is 0.327 e. The molecule has 2 N–H and O–H groups in total. The monoisotopic (exact) mass is 361 g/mol. The Morgan fingerprint density at radius 2 is 2.12 bits per heavy atom. The smallest absolute Gasteiger partial charge is 0.327 e. The van der Waals surface area contributed by atoms with Crippen LogP contribution in [0.2, 0.25) is 0 Å². The van der Waals surface area contributed by atoms with Gasteiger partial charge in [-0.25, -0.2) is 0 Å². The van der Waals surface area contributed by atoms with E-state index in [-0.39, 0.29) is 5.92 Å². The summed E-state index contributed by atoms with van der Waals surface area (Å²) in [7, 11) is -0.688. The minimum absolute atomic E-state index is 0.286. The molecule has 0 saturated carbocycles. The van der Waals surface area contributed by atoms with Gasteiger partial charge in [-0.3, -0.25) is 4.98 Å². The Morgan fingerprint density at radius 1 is 1.36 bits per heavy atom. The van der Waals surface area contributed by atoms with Crippen LogP contribution in [0, 0.1) is 17.2 Å². The number of hydrogen-bond acceptors (Lipinski definition) is 7. The van der Waals surface area contributed by atoms with Crippen molar-refractivity contribution in [2.45, 2.75) is 12.8 Å². The molecule has 3 rings (SSSR count). The van der Waals surface area contributed by atoms with Crippen LogP contribution in [0.5, 0.6) is 5.75 Å². The van der Waals surface area contributed by atoms with Crippen LogP contribution in [0.15, 0.2) is 24.4 Å². The van der Waals surface area contributed by atoms with Crippen LogP contribution in [0.25, 0.3) is 10.9 Å². The van der Waals surface area contributed by atoms with Crippen LogP contribution in [0.1, 0.15) is 18.4 Å². The Bertz CT molecular complexity index is 785. The molecule has 132 valence electrons. The molecule has 1 aromatic heterocycles. The van der Waals surface area contributed by atoms with Crippen LogP contribution in [0.3, 0.4) is 0 Å². The first-order chi connectivity index (χ1) is 12.1. The topological polar surface area (TPSA) is 98.8 Å². The Morgan fingerprint density at radius 3 is 2.76 bits per heavy atom. The number of para-hydroxylation sites is 1. The third-order valence-corrected chi connectivity index (χ3v) is 4.91. The van der Waals surface area contributed by atoms with E-state index in [1.54, 1.807) is 13.3 Å². The summed E-state index contributed by atoms with van der Waals surface area (Å²) in [4.78, 5) is 24.4. The van der Waals surface area contributed by atoms with Gasteiger partial charge in [0.25, 0.3) is 0 Å². The van der Waals surface area contributed by atoms with E-state index in [2.05, 4.69) is 16.0 Å². The van der Waals surface area contributed by atoms with Gasteiger partial charge in [0.15, 0.2) is 0 Å². The summed E-state index contributed by atoms with van der Waals surface area (Å²) in [6.07, 6.45) is 3.32. The van der Waals surface area contributed by atoms with Gasteiger partial charge in [-0.2, -0.15) is 5.26 Å². The number of ether oxygens (including phenoxy) is 1. The van der Waals surface area contributed by atoms with Crippen LogP contribution in [-0.4, -0.2) is 41.6 Å². The van der Waals surface area contributed by atoms with Gasteiger partial charge >= 0.3 is 8.60 Å². The second-order valence-electron chi connectivity index (χ2n) is 5.97. The molecule has 2 heterocycles. The van der Waals surface area contributed by atoms with Crippen molar-refractivity contribution < 1.29 is 19.0 Å². The highest BCUT2D eigenvalue weighted by molar-refractivity contribution is 7.39. The van der Waals surface area contributed by atoms with E-state index in [0.717, 1.165) is 42.5 Å². The molecule has 1 saturated heterocycles. The van der Waals surface area contributed by atoms with E-state index in [9.17, 15) is 5.26 Å². The summed E-state index contributed by atoms with van der Waals surface area (Å²) in [6, 6.07) is 7.96. The van der Waals surface area contributed by atoms with Crippen molar-refractivity contribution in [2.75, 3.05) is 31.7 Å². The van der Waals surface area contributed by atoms with Crippen molar-refractivity contribution in [3.05, 3.63) is 30.0 Å². The average Bonchev–Trinajstić information content (AvgIpc) is 2.65. The fourth-order valence-electron chi connectivity index (χ4n) is 3.26. The number of piperidine rings is 1. The largest absolute Gasteiger partial charge is 0.494 e. The number of nitrogens with zero attached hydrogens (tertiary/aromatic N) is 3. The van der Waals surface area contributed by atoms with Gasteiger partial charge < -0.3 is 23.9 Å². The molecule has 0 amide bonds. The second-order valence-corrected chi connectivity index (χ2v) is 6.73. The molecule has 0 atom stereocenters. The number of anilines is 1. The number of methoxy groups -OCH3 is 1. The van der Waals surface area contributed by atoms with E-state index < -0.39 is 8.60 Å². The Hall–Kier alpha value is -1.97. The summed E-state index contributed by atoms with van der Waals surface area (Å²) in [5.74, 6) is 0.972. The Labute approximate surface area is 147 Å². The molecule has 7 nitrogen and oxygen atoms in total. The number of pyridine rings is 1. The first kappa shape index (κ1) is 17.8. The molecule has 0 radical (unpaired) electrons. The van der Waals surface area contributed by atoms with E-state index in [0.29, 0.717) is 17.9 Å². The van der Waals surface area contributed by atoms with Gasteiger partial charge in [0.2, 0.25) is 0 Å². The van der Waals surface area contributed by atoms with Crippen LogP contribution >= 0.6 is 8.60 Å². The van der Waals surface area contributed by atoms with Crippen molar-refractivity contribution in [1.82, 2.24) is 4.98 Å². The molecule has 25 heavy (non-hydrogen) atoms. The third kappa shape index (κ3) is 3.83. The van der Waals surface area contributed by atoms with Gasteiger partial charge in [-0.05, 0) is 24.8 Å². The molecule has 2 aromatic rings. The highest BCUT2D eigenvalue weighted by Gasteiger charge is 2.24. The molecule has 1 aliphatic rings. The predicted octanol–water partition coefficient (Wildman–Crippen LogP) is 2.56. The van der Waals surface area contributed by atoms with Crippen molar-refractivity contribution in [2.24, 2.45) is 5.92 Å². The molecule has 0 unspecified atom stereocenters. The summed E-state index contributed by atoms with van der Waals surface area (Å²) < 4.78 is 10.3. The SMILES string of the molecule is COc1cccc2c(N3CCC(COP(O)O)CC3)c(C#N)cnc12. The van der Waals surface area contributed by atoms with Gasteiger partial charge in [0, 0.05) is 24.7 Å². The first-order valence-electron chi connectivity index (χ1n) is 8.05. The lowest BCUT2D eigenvalue weighted by Gasteiger charge is -2.34. The maximum atomic E-state index is 9.51. The number of aromatic nitrogens is 1. The van der Waals surface area contributed by atoms with E-state index in [4.69, 9.17) is 19.0 Å². The Kier molecular flexibility index (Phi) is 5.67. The van der Waals surface area contributed by atoms with E-state index >= 15 is 0 Å². The number of rotatable bonds is 5. The summed E-state index contributed by atoms with van der Waals surface area (Å²) in [5.41, 5.74) is 2.18. The van der Waals surface area contributed by atoms with Crippen molar-refractivity contribution in [1.29, 1.82) is 5.26 Å². The molecular weight excluding hydrogens is 341 g/mol. The second kappa shape index (κ2) is 7.94. The lowest BCUT2D eigenvalue weighted by atomic mass is 9.96. The Balaban J connectivity index is 1.87. The highest BCUT2D eigenvalue weighted by Crippen LogP contribution is 2.36. The van der Waals surface area contributed by atoms with Crippen LogP contribution < -0.4 is 9.64 Å². The zero-order chi connectivity index (χ0) is 17.8. The summed E-state index contributed by atoms with van der Waals surface area (Å²) >= 11 is 0. The first-order valence-corrected chi connectivity index (χ1v) is 9.22. The van der Waals surface area contributed by atoms with Gasteiger partial charge in [0.1, 0.15) is 17.3 Å². The van der Waals surface area contributed by atoms with Crippen LogP contribution in [-0.2, 0) is 4.52 Å². The molecule has 1 aromatic carbocycles. The lowest BCUT2D eigenvalue weighted by molar-refractivity contribution is 0.194. The van der Waals surface area contributed by atoms with Gasteiger partial charge in [0.05, 0.1) is 25.0 Å². The number of hydrogen-bond donors (Lipinski definition) is 2. The third-order valence-electron chi connectivity index (χ3n) is 4.53. The molecule has 0 spiro atoms. The minimum atomic E-state index is -2.30. The van der Waals surface area contributed by atoms with E-state index in [1.165, 1.54) is 0 Å². The molecule has 1 aliphatic heterocycles. The molecular formula is C17H20N3O4P. The number of fused-ring (bicyclic) bond motifs is 1. The summed E-state index contributed by atoms with van der Waals surface area (Å²) in [5, 5.41) is 10.4.